The Morgan fingerprint density at radius 2 is 2.25 bits per heavy atom. The predicted octanol–water partition coefficient (Wildman–Crippen LogP) is 2.09. The van der Waals surface area contributed by atoms with Crippen molar-refractivity contribution < 1.29 is 9.47 Å². The van der Waals surface area contributed by atoms with Gasteiger partial charge >= 0.3 is 0 Å². The summed E-state index contributed by atoms with van der Waals surface area (Å²) in [7, 11) is 0. The van der Waals surface area contributed by atoms with E-state index in [1.807, 2.05) is 0 Å². The van der Waals surface area contributed by atoms with Crippen molar-refractivity contribution in [2.45, 2.75) is 57.2 Å². The zero-order valence-electron chi connectivity index (χ0n) is 10.4. The number of hydrogen-bond acceptors (Lipinski definition) is 3. The lowest BCUT2D eigenvalue weighted by Gasteiger charge is -2.39. The number of rotatable bonds is 4. The molecule has 3 unspecified atom stereocenters. The van der Waals surface area contributed by atoms with Crippen LogP contribution >= 0.6 is 0 Å². The van der Waals surface area contributed by atoms with E-state index in [0.717, 1.165) is 38.4 Å². The van der Waals surface area contributed by atoms with Gasteiger partial charge in [0.05, 0.1) is 18.3 Å². The molecule has 3 atom stereocenters. The molecule has 0 aromatic carbocycles. The highest BCUT2D eigenvalue weighted by Gasteiger charge is 2.35. The summed E-state index contributed by atoms with van der Waals surface area (Å²) >= 11 is 0. The van der Waals surface area contributed by atoms with Gasteiger partial charge in [-0.25, -0.2) is 0 Å². The molecule has 3 heteroatoms. The Morgan fingerprint density at radius 3 is 2.88 bits per heavy atom. The lowest BCUT2D eigenvalue weighted by molar-refractivity contribution is -0.104. The van der Waals surface area contributed by atoms with Gasteiger partial charge in [0.15, 0.2) is 0 Å². The second-order valence-corrected chi connectivity index (χ2v) is 5.53. The molecule has 3 nitrogen and oxygen atoms in total. The summed E-state index contributed by atoms with van der Waals surface area (Å²) in [5, 5.41) is 0. The largest absolute Gasteiger partial charge is 0.376 e. The van der Waals surface area contributed by atoms with Gasteiger partial charge in [0.2, 0.25) is 0 Å². The van der Waals surface area contributed by atoms with Crippen LogP contribution in [0, 0.1) is 5.92 Å². The Hall–Kier alpha value is -0.120. The fourth-order valence-corrected chi connectivity index (χ4v) is 3.03. The molecular weight excluding hydrogens is 202 g/mol. The molecule has 1 heterocycles. The molecule has 0 aromatic heterocycles. The van der Waals surface area contributed by atoms with E-state index in [2.05, 4.69) is 6.92 Å². The lowest BCUT2D eigenvalue weighted by Crippen LogP contribution is -2.45. The average Bonchev–Trinajstić information content (AvgIpc) is 2.79. The zero-order valence-corrected chi connectivity index (χ0v) is 10.4. The van der Waals surface area contributed by atoms with E-state index in [1.165, 1.54) is 19.3 Å². The van der Waals surface area contributed by atoms with E-state index in [4.69, 9.17) is 15.2 Å². The summed E-state index contributed by atoms with van der Waals surface area (Å²) in [4.78, 5) is 0. The maximum Gasteiger partial charge on any atom is 0.0809 e. The van der Waals surface area contributed by atoms with E-state index in [-0.39, 0.29) is 5.60 Å². The minimum absolute atomic E-state index is 0.0520. The topological polar surface area (TPSA) is 44.5 Å². The molecule has 0 radical (unpaired) electrons. The van der Waals surface area contributed by atoms with Crippen LogP contribution in [0.3, 0.4) is 0 Å². The summed E-state index contributed by atoms with van der Waals surface area (Å²) in [5.41, 5.74) is 5.87. The first-order chi connectivity index (χ1) is 7.74. The van der Waals surface area contributed by atoms with Crippen molar-refractivity contribution in [2.75, 3.05) is 19.8 Å². The van der Waals surface area contributed by atoms with Crippen LogP contribution in [0.25, 0.3) is 0 Å². The van der Waals surface area contributed by atoms with E-state index in [9.17, 15) is 0 Å². The van der Waals surface area contributed by atoms with Crippen molar-refractivity contribution in [3.8, 4) is 0 Å². The Morgan fingerprint density at radius 1 is 1.38 bits per heavy atom. The Kier molecular flexibility index (Phi) is 4.22. The summed E-state index contributed by atoms with van der Waals surface area (Å²) in [6, 6.07) is 0. The molecule has 1 aliphatic carbocycles. The third-order valence-electron chi connectivity index (χ3n) is 4.02. The van der Waals surface area contributed by atoms with Crippen molar-refractivity contribution >= 4 is 0 Å². The molecule has 1 saturated heterocycles. The average molecular weight is 227 g/mol. The molecule has 2 N–H and O–H groups in total. The minimum atomic E-state index is -0.0520. The maximum atomic E-state index is 6.12. The van der Waals surface area contributed by atoms with Gasteiger partial charge in [-0.1, -0.05) is 19.8 Å². The van der Waals surface area contributed by atoms with Crippen molar-refractivity contribution in [2.24, 2.45) is 11.7 Å². The number of ether oxygens (including phenoxy) is 2. The lowest BCUT2D eigenvalue weighted by atomic mass is 9.79. The zero-order chi connectivity index (χ0) is 11.4. The molecule has 2 fully saturated rings. The highest BCUT2D eigenvalue weighted by molar-refractivity contribution is 4.88. The van der Waals surface area contributed by atoms with Gasteiger partial charge in [-0.05, 0) is 31.6 Å². The molecule has 0 amide bonds. The third kappa shape index (κ3) is 2.96. The first-order valence-corrected chi connectivity index (χ1v) is 6.70. The molecule has 1 saturated carbocycles. The van der Waals surface area contributed by atoms with E-state index >= 15 is 0 Å². The Labute approximate surface area is 98.7 Å². The van der Waals surface area contributed by atoms with Gasteiger partial charge in [-0.2, -0.15) is 0 Å². The number of nitrogens with two attached hydrogens (primary N) is 1. The summed E-state index contributed by atoms with van der Waals surface area (Å²) in [6.07, 6.45) is 7.47. The summed E-state index contributed by atoms with van der Waals surface area (Å²) < 4.78 is 11.7. The molecule has 94 valence electrons. The Bertz CT molecular complexity index is 216. The van der Waals surface area contributed by atoms with Crippen molar-refractivity contribution in [1.29, 1.82) is 0 Å². The van der Waals surface area contributed by atoms with Crippen LogP contribution < -0.4 is 5.73 Å². The first kappa shape index (κ1) is 12.3. The van der Waals surface area contributed by atoms with Crippen LogP contribution in [0.1, 0.15) is 45.4 Å². The molecular formula is C13H25NO2. The van der Waals surface area contributed by atoms with Gasteiger partial charge in [0.1, 0.15) is 0 Å². The van der Waals surface area contributed by atoms with Gasteiger partial charge < -0.3 is 15.2 Å². The molecule has 0 bridgehead atoms. The van der Waals surface area contributed by atoms with Crippen LogP contribution in [-0.2, 0) is 9.47 Å². The summed E-state index contributed by atoms with van der Waals surface area (Å²) in [5.74, 6) is 0.752. The molecule has 2 rings (SSSR count). The van der Waals surface area contributed by atoms with Gasteiger partial charge in [0.25, 0.3) is 0 Å². The van der Waals surface area contributed by atoms with Crippen LogP contribution in [0.5, 0.6) is 0 Å². The van der Waals surface area contributed by atoms with Crippen LogP contribution in [0.15, 0.2) is 0 Å². The van der Waals surface area contributed by atoms with E-state index in [1.54, 1.807) is 0 Å². The fraction of sp³-hybridized carbons (Fsp3) is 1.00. The van der Waals surface area contributed by atoms with Crippen LogP contribution in [-0.4, -0.2) is 31.5 Å². The van der Waals surface area contributed by atoms with E-state index in [0.29, 0.717) is 12.6 Å². The molecule has 16 heavy (non-hydrogen) atoms. The maximum absolute atomic E-state index is 6.12. The summed E-state index contributed by atoms with van der Waals surface area (Å²) in [6.45, 7) is 4.60. The monoisotopic (exact) mass is 227 g/mol. The van der Waals surface area contributed by atoms with Gasteiger partial charge in [0, 0.05) is 13.2 Å². The minimum Gasteiger partial charge on any atom is -0.376 e. The molecule has 0 spiro atoms. The van der Waals surface area contributed by atoms with Gasteiger partial charge in [-0.15, -0.1) is 0 Å². The SMILES string of the molecule is CC1CCCC(CN)(OCC2CCCO2)C1. The van der Waals surface area contributed by atoms with Crippen molar-refractivity contribution in [1.82, 2.24) is 0 Å². The fourth-order valence-electron chi connectivity index (χ4n) is 3.03. The molecule has 1 aliphatic heterocycles. The Balaban J connectivity index is 1.83. The van der Waals surface area contributed by atoms with Crippen molar-refractivity contribution in [3.05, 3.63) is 0 Å². The van der Waals surface area contributed by atoms with Crippen LogP contribution in [0.2, 0.25) is 0 Å². The van der Waals surface area contributed by atoms with Crippen LogP contribution in [0.4, 0.5) is 0 Å². The predicted molar refractivity (Wildman–Crippen MR) is 64.3 cm³/mol. The second-order valence-electron chi connectivity index (χ2n) is 5.53. The van der Waals surface area contributed by atoms with Gasteiger partial charge in [-0.3, -0.25) is 0 Å². The van der Waals surface area contributed by atoms with E-state index < -0.39 is 0 Å². The second kappa shape index (κ2) is 5.48. The number of hydrogen-bond donors (Lipinski definition) is 1. The molecule has 0 aromatic rings. The molecule has 2 aliphatic rings. The van der Waals surface area contributed by atoms with Crippen molar-refractivity contribution in [3.63, 3.8) is 0 Å². The normalized spacial score (nSPS) is 40.1. The third-order valence-corrected chi connectivity index (χ3v) is 4.02. The quantitative estimate of drug-likeness (QED) is 0.800. The highest BCUT2D eigenvalue weighted by atomic mass is 16.5. The standard InChI is InChI=1S/C13H25NO2/c1-11-4-2-6-13(8-11,10-14)16-9-12-5-3-7-15-12/h11-12H,2-10,14H2,1H3. The first-order valence-electron chi connectivity index (χ1n) is 6.70. The highest BCUT2D eigenvalue weighted by Crippen LogP contribution is 2.34. The smallest absolute Gasteiger partial charge is 0.0809 e.